The molecular formula is C56H80NO4PS2Si. The predicted molar refractivity (Wildman–Crippen MR) is 286 cm³/mol. The SMILES string of the molecule is C=C1CC[C@H](O)C/C1=C/C=C1\CCC[C@]2(C)[C@@H]([C@H](C)CCS(=N)(=O)c3ccccc3)CC[C@@H]12.C=C1CC[C@H](O[Si](C)(C)C(C)(C)C)C/C1=C/CP(=O)(c1ccccc1)c1ccccc1.S. The number of nitrogens with one attached hydrogen (secondary N) is 1. The average Bonchev–Trinajstić information content (AvgIpc) is 3.64. The van der Waals surface area contributed by atoms with Crippen molar-refractivity contribution >= 4 is 49.3 Å². The fourth-order valence-corrected chi connectivity index (χ4v) is 16.2. The van der Waals surface area contributed by atoms with Crippen LogP contribution in [0.15, 0.2) is 155 Å². The van der Waals surface area contributed by atoms with Gasteiger partial charge >= 0.3 is 0 Å². The summed E-state index contributed by atoms with van der Waals surface area (Å²) < 4.78 is 42.5. The molecule has 0 aliphatic heterocycles. The monoisotopic (exact) mass is 954 g/mol. The Morgan fingerprint density at radius 1 is 0.862 bits per heavy atom. The number of benzene rings is 3. The summed E-state index contributed by atoms with van der Waals surface area (Å²) in [6, 6.07) is 29.1. The Bertz CT molecular complexity index is 2290. The van der Waals surface area contributed by atoms with Crippen molar-refractivity contribution in [3.8, 4) is 0 Å². The standard InChI is InChI=1S/C29H41NO2S.C27H37O2PSi.H2S/c1-21-11-14-25(31)20-24(21)13-12-23-8-7-18-29(3)27(15-16-28(23)29)22(2)17-19-33(30,32)26-9-5-4-6-10-26;1-22-17-18-24(29-31(5,6)27(2,3)4)21-23(22)19-20-30(28,25-13-9-7-10-14-25)26-15-11-8-12-16-26;/h4-6,9-10,12-13,22,25,27-28,30-31H,1,7-8,11,14-20H2,2-3H3;7-16,19,24H,1,17-18,20-21H2,2-6H3;1H2/b23-12+,24-13-;23-19-;/t22-,25+,27-,28+,29-,33?;24-;/m10./s1. The lowest BCUT2D eigenvalue weighted by atomic mass is 9.61. The van der Waals surface area contributed by atoms with E-state index in [1.807, 2.05) is 91.0 Å². The lowest BCUT2D eigenvalue weighted by Gasteiger charge is -2.44. The number of hydrogen-bond donors (Lipinski definition) is 2. The maximum atomic E-state index is 14.3. The highest BCUT2D eigenvalue weighted by Gasteiger charge is 2.50. The number of allylic oxidation sites excluding steroid dienone is 6. The lowest BCUT2D eigenvalue weighted by molar-refractivity contribution is 0.0964. The van der Waals surface area contributed by atoms with E-state index in [1.54, 1.807) is 5.57 Å². The minimum Gasteiger partial charge on any atom is -0.414 e. The van der Waals surface area contributed by atoms with Crippen LogP contribution >= 0.6 is 20.6 Å². The zero-order valence-electron chi connectivity index (χ0n) is 40.6. The van der Waals surface area contributed by atoms with Gasteiger partial charge in [0, 0.05) is 33.5 Å². The van der Waals surface area contributed by atoms with Gasteiger partial charge in [-0.15, -0.1) is 0 Å². The first-order valence-electron chi connectivity index (χ1n) is 24.1. The summed E-state index contributed by atoms with van der Waals surface area (Å²) in [5.41, 5.74) is 6.67. The van der Waals surface area contributed by atoms with Crippen molar-refractivity contribution in [2.75, 3.05) is 11.9 Å². The van der Waals surface area contributed by atoms with Crippen molar-refractivity contribution in [3.63, 3.8) is 0 Å². The second-order valence-electron chi connectivity index (χ2n) is 21.2. The highest BCUT2D eigenvalue weighted by atomic mass is 32.2. The molecule has 354 valence electrons. The largest absolute Gasteiger partial charge is 0.414 e. The van der Waals surface area contributed by atoms with E-state index in [4.69, 9.17) is 9.21 Å². The number of fused-ring (bicyclic) bond motifs is 1. The molecule has 4 aliphatic rings. The zero-order chi connectivity index (χ0) is 46.3. The topological polar surface area (TPSA) is 87.4 Å². The predicted octanol–water partition coefficient (Wildman–Crippen LogP) is 14.5. The van der Waals surface area contributed by atoms with Gasteiger partial charge < -0.3 is 14.1 Å². The van der Waals surface area contributed by atoms with Crippen molar-refractivity contribution in [2.24, 2.45) is 23.2 Å². The second kappa shape index (κ2) is 22.4. The molecular weight excluding hydrogens is 874 g/mol. The van der Waals surface area contributed by atoms with E-state index < -0.39 is 25.2 Å². The summed E-state index contributed by atoms with van der Waals surface area (Å²) in [6.07, 6.45) is 19.6. The van der Waals surface area contributed by atoms with Crippen LogP contribution in [0.25, 0.3) is 0 Å². The molecule has 3 aromatic carbocycles. The van der Waals surface area contributed by atoms with Crippen LogP contribution in [0.4, 0.5) is 0 Å². The summed E-state index contributed by atoms with van der Waals surface area (Å²) in [5.74, 6) is 2.17. The Morgan fingerprint density at radius 2 is 1.43 bits per heavy atom. The van der Waals surface area contributed by atoms with Crippen molar-refractivity contribution in [1.29, 1.82) is 4.78 Å². The van der Waals surface area contributed by atoms with E-state index in [9.17, 15) is 13.9 Å². The van der Waals surface area contributed by atoms with Gasteiger partial charge in [-0.1, -0.05) is 162 Å². The summed E-state index contributed by atoms with van der Waals surface area (Å²) >= 11 is 0. The molecule has 0 heterocycles. The van der Waals surface area contributed by atoms with Crippen LogP contribution in [0.5, 0.6) is 0 Å². The fourth-order valence-electron chi connectivity index (χ4n) is 10.8. The first kappa shape index (κ1) is 53.0. The normalized spacial score (nSPS) is 27.3. The van der Waals surface area contributed by atoms with E-state index in [0.29, 0.717) is 40.0 Å². The van der Waals surface area contributed by atoms with Gasteiger partial charge in [0.15, 0.2) is 8.32 Å². The minimum atomic E-state index is -2.75. The Kier molecular flexibility index (Phi) is 18.3. The van der Waals surface area contributed by atoms with E-state index in [1.165, 1.54) is 54.4 Å². The molecule has 2 N–H and O–H groups in total. The van der Waals surface area contributed by atoms with Gasteiger partial charge in [0.05, 0.1) is 15.8 Å². The first-order valence-corrected chi connectivity index (χ1v) is 30.6. The molecule has 4 saturated carbocycles. The molecule has 9 heteroatoms. The van der Waals surface area contributed by atoms with Crippen LogP contribution in [0.3, 0.4) is 0 Å². The first-order chi connectivity index (χ1) is 30.2. The third kappa shape index (κ3) is 13.0. The second-order valence-corrected chi connectivity index (χ2v) is 31.0. The van der Waals surface area contributed by atoms with Crippen molar-refractivity contribution in [1.82, 2.24) is 0 Å². The molecule has 5 nitrogen and oxygen atoms in total. The Hall–Kier alpha value is -2.97. The molecule has 3 aromatic rings. The molecule has 0 radical (unpaired) electrons. The molecule has 4 fully saturated rings. The fraction of sp³-hybridized carbons (Fsp3) is 0.500. The molecule has 0 aromatic heterocycles. The summed E-state index contributed by atoms with van der Waals surface area (Å²) in [5, 5.41) is 12.1. The maximum absolute atomic E-state index is 14.3. The molecule has 0 spiro atoms. The summed E-state index contributed by atoms with van der Waals surface area (Å²) in [4.78, 5) is 0.665. The van der Waals surface area contributed by atoms with Gasteiger partial charge in [-0.25, -0.2) is 8.99 Å². The third-order valence-electron chi connectivity index (χ3n) is 15.8. The molecule has 0 bridgehead atoms. The average molecular weight is 954 g/mol. The van der Waals surface area contributed by atoms with Crippen LogP contribution in [0.2, 0.25) is 18.1 Å². The smallest absolute Gasteiger partial charge is 0.192 e. The van der Waals surface area contributed by atoms with Crippen molar-refractivity contribution in [2.45, 2.75) is 147 Å². The van der Waals surface area contributed by atoms with Gasteiger partial charge in [-0.3, -0.25) is 0 Å². The molecule has 0 saturated heterocycles. The van der Waals surface area contributed by atoms with Crippen LogP contribution < -0.4 is 10.6 Å². The van der Waals surface area contributed by atoms with Crippen LogP contribution in [0, 0.1) is 27.9 Å². The number of rotatable bonds is 12. The number of aliphatic hydroxyl groups excluding tert-OH is 1. The van der Waals surface area contributed by atoms with Crippen molar-refractivity contribution in [3.05, 3.63) is 150 Å². The highest BCUT2D eigenvalue weighted by molar-refractivity contribution is 7.92. The Morgan fingerprint density at radius 3 is 2.03 bits per heavy atom. The zero-order valence-corrected chi connectivity index (χ0v) is 44.3. The van der Waals surface area contributed by atoms with Gasteiger partial charge in [-0.2, -0.15) is 13.5 Å². The molecule has 1 unspecified atom stereocenters. The van der Waals surface area contributed by atoms with Gasteiger partial charge in [0.1, 0.15) is 7.14 Å². The van der Waals surface area contributed by atoms with Crippen LogP contribution in [-0.2, 0) is 18.7 Å². The van der Waals surface area contributed by atoms with E-state index in [-0.39, 0.29) is 30.7 Å². The number of aliphatic hydroxyl groups is 1. The maximum Gasteiger partial charge on any atom is 0.192 e. The summed E-state index contributed by atoms with van der Waals surface area (Å²) in [7, 11) is -7.30. The molecule has 4 aliphatic carbocycles. The highest BCUT2D eigenvalue weighted by Crippen LogP contribution is 2.60. The molecule has 65 heavy (non-hydrogen) atoms. The van der Waals surface area contributed by atoms with Crippen molar-refractivity contribution < 1.29 is 18.3 Å². The Balaban J connectivity index is 0.000000241. The number of hydrogen-bond acceptors (Lipinski definition) is 5. The van der Waals surface area contributed by atoms with Crippen LogP contribution in [0.1, 0.15) is 112 Å². The third-order valence-corrected chi connectivity index (χ3v) is 25.1. The Labute approximate surface area is 402 Å². The summed E-state index contributed by atoms with van der Waals surface area (Å²) in [6.45, 7) is 24.9. The van der Waals surface area contributed by atoms with Gasteiger partial charge in [-0.05, 0) is 142 Å². The molecule has 7 rings (SSSR count). The minimum absolute atomic E-state index is 0. The molecule has 0 amide bonds. The quantitative estimate of drug-likeness (QED) is 0.140. The lowest BCUT2D eigenvalue weighted by Crippen LogP contribution is -2.44. The van der Waals surface area contributed by atoms with E-state index in [0.717, 1.165) is 55.6 Å². The van der Waals surface area contributed by atoms with Crippen LogP contribution in [-0.4, -0.2) is 41.8 Å². The van der Waals surface area contributed by atoms with E-state index >= 15 is 0 Å². The van der Waals surface area contributed by atoms with Gasteiger partial charge in [0.25, 0.3) is 0 Å². The van der Waals surface area contributed by atoms with Gasteiger partial charge in [0.2, 0.25) is 0 Å². The molecule has 7 atom stereocenters. The van der Waals surface area contributed by atoms with E-state index in [2.05, 4.69) is 79.1 Å².